The number of carbonyl (C=O) groups is 1. The molecule has 1 heterocycles. The van der Waals surface area contributed by atoms with Crippen molar-refractivity contribution in [3.63, 3.8) is 0 Å². The Labute approximate surface area is 157 Å². The van der Waals surface area contributed by atoms with Crippen LogP contribution in [-0.4, -0.2) is 10.8 Å². The molecule has 3 nitrogen and oxygen atoms in total. The normalized spacial score (nSPS) is 11.7. The molecule has 0 saturated carbocycles. The second-order valence-electron chi connectivity index (χ2n) is 5.61. The molecule has 2 aromatic carbocycles. The summed E-state index contributed by atoms with van der Waals surface area (Å²) in [6.07, 6.45) is -1.68. The molecule has 0 fully saturated rings. The Hall–Kier alpha value is -2.93. The van der Waals surface area contributed by atoms with Crippen molar-refractivity contribution in [3.8, 4) is 5.75 Å². The van der Waals surface area contributed by atoms with E-state index in [4.69, 9.17) is 4.74 Å². The lowest BCUT2D eigenvalue weighted by Gasteiger charge is -2.07. The van der Waals surface area contributed by atoms with Crippen LogP contribution in [0.2, 0.25) is 0 Å². The molecule has 0 aliphatic heterocycles. The molecule has 0 spiro atoms. The summed E-state index contributed by atoms with van der Waals surface area (Å²) in [5.74, 6) is 0.161. The van der Waals surface area contributed by atoms with Crippen molar-refractivity contribution < 1.29 is 22.7 Å². The standard InChI is InChI=1S/C20H14F3NO2S/c21-20(22,23)16-3-1-2-15(10-16)19(25)9-6-14-4-7-18(8-5-14)26-11-17-12-27-13-24-17/h1-10,12-13H,11H2. The number of rotatable bonds is 6. The van der Waals surface area contributed by atoms with Crippen molar-refractivity contribution in [1.82, 2.24) is 4.98 Å². The zero-order valence-electron chi connectivity index (χ0n) is 13.9. The Morgan fingerprint density at radius 2 is 1.93 bits per heavy atom. The third-order valence-corrected chi connectivity index (χ3v) is 4.29. The van der Waals surface area contributed by atoms with Gasteiger partial charge in [0.2, 0.25) is 0 Å². The van der Waals surface area contributed by atoms with Gasteiger partial charge in [0.15, 0.2) is 5.78 Å². The molecule has 0 saturated heterocycles. The first-order chi connectivity index (χ1) is 12.9. The van der Waals surface area contributed by atoms with E-state index in [1.54, 1.807) is 35.9 Å². The van der Waals surface area contributed by atoms with E-state index in [1.807, 2.05) is 5.38 Å². The molecule has 0 bridgehead atoms. The third kappa shape index (κ3) is 5.27. The van der Waals surface area contributed by atoms with Gasteiger partial charge in [-0.1, -0.05) is 30.3 Å². The van der Waals surface area contributed by atoms with Gasteiger partial charge in [-0.2, -0.15) is 13.2 Å². The van der Waals surface area contributed by atoms with E-state index < -0.39 is 17.5 Å². The minimum atomic E-state index is -4.48. The Morgan fingerprint density at radius 1 is 1.15 bits per heavy atom. The quantitative estimate of drug-likeness (QED) is 0.405. The molecule has 1 aromatic heterocycles. The molecule has 0 aliphatic rings. The summed E-state index contributed by atoms with van der Waals surface area (Å²) in [7, 11) is 0. The summed E-state index contributed by atoms with van der Waals surface area (Å²) in [5, 5.41) is 1.90. The molecule has 0 N–H and O–H groups in total. The van der Waals surface area contributed by atoms with Crippen LogP contribution in [0.4, 0.5) is 13.2 Å². The van der Waals surface area contributed by atoms with Crippen LogP contribution in [0.1, 0.15) is 27.2 Å². The van der Waals surface area contributed by atoms with Crippen molar-refractivity contribution in [2.45, 2.75) is 12.8 Å². The highest BCUT2D eigenvalue weighted by atomic mass is 32.1. The smallest absolute Gasteiger partial charge is 0.416 e. The topological polar surface area (TPSA) is 39.2 Å². The Balaban J connectivity index is 1.62. The third-order valence-electron chi connectivity index (χ3n) is 3.65. The van der Waals surface area contributed by atoms with Crippen LogP contribution in [0.25, 0.3) is 6.08 Å². The average molecular weight is 389 g/mol. The van der Waals surface area contributed by atoms with Gasteiger partial charge in [-0.3, -0.25) is 4.79 Å². The lowest BCUT2D eigenvalue weighted by atomic mass is 10.1. The van der Waals surface area contributed by atoms with Gasteiger partial charge in [0.05, 0.1) is 16.8 Å². The van der Waals surface area contributed by atoms with Crippen LogP contribution < -0.4 is 4.74 Å². The van der Waals surface area contributed by atoms with Gasteiger partial charge >= 0.3 is 6.18 Å². The summed E-state index contributed by atoms with van der Waals surface area (Å²) >= 11 is 1.49. The van der Waals surface area contributed by atoms with Crippen LogP contribution in [-0.2, 0) is 12.8 Å². The zero-order valence-corrected chi connectivity index (χ0v) is 14.8. The van der Waals surface area contributed by atoms with Crippen molar-refractivity contribution >= 4 is 23.2 Å². The summed E-state index contributed by atoms with van der Waals surface area (Å²) in [6, 6.07) is 11.4. The molecule has 0 radical (unpaired) electrons. The summed E-state index contributed by atoms with van der Waals surface area (Å²) in [6.45, 7) is 0.368. The molecule has 3 rings (SSSR count). The molecule has 27 heavy (non-hydrogen) atoms. The van der Waals surface area contributed by atoms with Crippen LogP contribution in [0.3, 0.4) is 0 Å². The molecule has 0 unspecified atom stereocenters. The van der Waals surface area contributed by atoms with Gasteiger partial charge in [0.1, 0.15) is 12.4 Å². The number of ketones is 1. The fourth-order valence-corrected chi connectivity index (χ4v) is 2.80. The number of nitrogens with zero attached hydrogens (tertiary/aromatic N) is 1. The van der Waals surface area contributed by atoms with Crippen LogP contribution >= 0.6 is 11.3 Å². The molecule has 138 valence electrons. The second-order valence-corrected chi connectivity index (χ2v) is 6.33. The van der Waals surface area contributed by atoms with E-state index in [0.717, 1.165) is 23.4 Å². The number of allylic oxidation sites excluding steroid dienone is 1. The predicted molar refractivity (Wildman–Crippen MR) is 97.7 cm³/mol. The highest BCUT2D eigenvalue weighted by Crippen LogP contribution is 2.29. The zero-order chi connectivity index (χ0) is 19.3. The number of benzene rings is 2. The highest BCUT2D eigenvalue weighted by molar-refractivity contribution is 7.07. The minimum Gasteiger partial charge on any atom is -0.487 e. The Bertz CT molecular complexity index is 933. The van der Waals surface area contributed by atoms with Gasteiger partial charge in [-0.25, -0.2) is 4.98 Å². The van der Waals surface area contributed by atoms with Crippen LogP contribution in [0.15, 0.2) is 65.5 Å². The highest BCUT2D eigenvalue weighted by Gasteiger charge is 2.30. The lowest BCUT2D eigenvalue weighted by Crippen LogP contribution is -2.06. The number of hydrogen-bond donors (Lipinski definition) is 0. The number of halogens is 3. The van der Waals surface area contributed by atoms with E-state index in [0.29, 0.717) is 12.4 Å². The summed E-state index contributed by atoms with van der Waals surface area (Å²) < 4.78 is 43.8. The summed E-state index contributed by atoms with van der Waals surface area (Å²) in [4.78, 5) is 16.2. The molecule has 3 aromatic rings. The van der Waals surface area contributed by atoms with Gasteiger partial charge in [0.25, 0.3) is 0 Å². The van der Waals surface area contributed by atoms with Crippen LogP contribution in [0, 0.1) is 0 Å². The van der Waals surface area contributed by atoms with Crippen molar-refractivity contribution in [1.29, 1.82) is 0 Å². The molecule has 0 aliphatic carbocycles. The molecule has 7 heteroatoms. The van der Waals surface area contributed by atoms with Crippen molar-refractivity contribution in [2.75, 3.05) is 0 Å². The number of alkyl halides is 3. The maximum atomic E-state index is 12.7. The first-order valence-electron chi connectivity index (χ1n) is 7.91. The number of thiazole rings is 1. The second kappa shape index (κ2) is 8.18. The van der Waals surface area contributed by atoms with E-state index >= 15 is 0 Å². The predicted octanol–water partition coefficient (Wildman–Crippen LogP) is 5.64. The molecule has 0 atom stereocenters. The molecular formula is C20H14F3NO2S. The lowest BCUT2D eigenvalue weighted by molar-refractivity contribution is -0.137. The Kier molecular flexibility index (Phi) is 5.71. The fourth-order valence-electron chi connectivity index (χ4n) is 2.26. The van der Waals surface area contributed by atoms with E-state index in [9.17, 15) is 18.0 Å². The first kappa shape index (κ1) is 18.8. The number of hydrogen-bond acceptors (Lipinski definition) is 4. The number of aromatic nitrogens is 1. The van der Waals surface area contributed by atoms with E-state index in [-0.39, 0.29) is 5.56 Å². The maximum Gasteiger partial charge on any atom is 0.416 e. The monoisotopic (exact) mass is 389 g/mol. The average Bonchev–Trinajstić information content (AvgIpc) is 3.18. The van der Waals surface area contributed by atoms with Gasteiger partial charge in [-0.15, -0.1) is 11.3 Å². The van der Waals surface area contributed by atoms with E-state index in [2.05, 4.69) is 4.98 Å². The first-order valence-corrected chi connectivity index (χ1v) is 8.86. The number of carbonyl (C=O) groups excluding carboxylic acids is 1. The molecular weight excluding hydrogens is 375 g/mol. The number of ether oxygens (including phenoxy) is 1. The van der Waals surface area contributed by atoms with Gasteiger partial charge < -0.3 is 4.74 Å². The SMILES string of the molecule is O=C(C=Cc1ccc(OCc2cscn2)cc1)c1cccc(C(F)(F)F)c1. The van der Waals surface area contributed by atoms with E-state index in [1.165, 1.54) is 29.5 Å². The fraction of sp³-hybridized carbons (Fsp3) is 0.100. The minimum absolute atomic E-state index is 0.00992. The largest absolute Gasteiger partial charge is 0.487 e. The Morgan fingerprint density at radius 3 is 2.59 bits per heavy atom. The maximum absolute atomic E-state index is 12.7. The van der Waals surface area contributed by atoms with Crippen LogP contribution in [0.5, 0.6) is 5.75 Å². The van der Waals surface area contributed by atoms with Crippen molar-refractivity contribution in [3.05, 3.63) is 87.9 Å². The van der Waals surface area contributed by atoms with Gasteiger partial charge in [0, 0.05) is 10.9 Å². The van der Waals surface area contributed by atoms with Gasteiger partial charge in [-0.05, 0) is 35.9 Å². The molecule has 0 amide bonds. The summed E-state index contributed by atoms with van der Waals surface area (Å²) in [5.41, 5.74) is 2.45. The van der Waals surface area contributed by atoms with Crippen molar-refractivity contribution in [2.24, 2.45) is 0 Å².